The molecule has 0 bridgehead atoms. The second-order valence-electron chi connectivity index (χ2n) is 5.94. The normalized spacial score (nSPS) is 20.7. The van der Waals surface area contributed by atoms with Crippen molar-refractivity contribution in [3.63, 3.8) is 0 Å². The minimum absolute atomic E-state index is 0. The molecule has 0 spiro atoms. The van der Waals surface area contributed by atoms with E-state index in [1.807, 2.05) is 0 Å². The number of ether oxygens (including phenoxy) is 1. The molecule has 1 aromatic rings. The zero-order chi connectivity index (χ0) is 17.6. The lowest BCUT2D eigenvalue weighted by molar-refractivity contribution is -0.144. The van der Waals surface area contributed by atoms with E-state index in [0.29, 0.717) is 6.07 Å². The molecule has 1 N–H and O–H groups in total. The molecule has 1 aliphatic heterocycles. The topological polar surface area (TPSA) is 38.3 Å². The highest BCUT2D eigenvalue weighted by atomic mass is 35.5. The first-order chi connectivity index (χ1) is 10.3. The molecule has 3 nitrogen and oxygen atoms in total. The van der Waals surface area contributed by atoms with Crippen LogP contribution in [-0.2, 0) is 17.1 Å². The molecule has 0 aromatic heterocycles. The van der Waals surface area contributed by atoms with E-state index < -0.39 is 46.6 Å². The molecular weight excluding hydrogens is 364 g/mol. The van der Waals surface area contributed by atoms with E-state index in [0.717, 1.165) is 6.07 Å². The van der Waals surface area contributed by atoms with Crippen molar-refractivity contribution in [2.75, 3.05) is 6.61 Å². The fourth-order valence-electron chi connectivity index (χ4n) is 2.42. The summed E-state index contributed by atoms with van der Waals surface area (Å²) in [5, 5.41) is 2.25. The summed E-state index contributed by atoms with van der Waals surface area (Å²) in [5.41, 5.74) is -4.17. The third-order valence-electron chi connectivity index (χ3n) is 3.62. The number of alkyl carbamates (subject to hydrolysis) is 1. The third kappa shape index (κ3) is 4.06. The number of alkyl halides is 6. The Kier molecular flexibility index (Phi) is 5.39. The molecule has 24 heavy (non-hydrogen) atoms. The number of benzene rings is 1. The number of carbonyl (C=O) groups excluding carboxylic acids is 1. The molecule has 136 valence electrons. The summed E-state index contributed by atoms with van der Waals surface area (Å²) in [4.78, 5) is 11.3. The van der Waals surface area contributed by atoms with E-state index >= 15 is 0 Å². The third-order valence-corrected chi connectivity index (χ3v) is 3.62. The molecule has 1 saturated heterocycles. The predicted molar refractivity (Wildman–Crippen MR) is 74.7 cm³/mol. The van der Waals surface area contributed by atoms with E-state index in [1.165, 1.54) is 0 Å². The Bertz CT molecular complexity index is 627. The van der Waals surface area contributed by atoms with Crippen molar-refractivity contribution < 1.29 is 35.9 Å². The van der Waals surface area contributed by atoms with Gasteiger partial charge < -0.3 is 10.1 Å². The van der Waals surface area contributed by atoms with Crippen LogP contribution < -0.4 is 5.32 Å². The Morgan fingerprint density at radius 3 is 2.21 bits per heavy atom. The van der Waals surface area contributed by atoms with Crippen LogP contribution in [0.5, 0.6) is 0 Å². The maximum absolute atomic E-state index is 13.2. The van der Waals surface area contributed by atoms with Crippen LogP contribution in [0, 0.1) is 5.41 Å². The molecule has 1 atom stereocenters. The van der Waals surface area contributed by atoms with Gasteiger partial charge in [0.15, 0.2) is 0 Å². The molecule has 1 fully saturated rings. The van der Waals surface area contributed by atoms with Crippen molar-refractivity contribution in [3.8, 4) is 0 Å². The number of hydrogen-bond acceptors (Lipinski definition) is 2. The molecule has 0 aliphatic carbocycles. The molecule has 10 heteroatoms. The van der Waals surface area contributed by atoms with Crippen molar-refractivity contribution in [1.29, 1.82) is 0 Å². The Morgan fingerprint density at radius 2 is 1.71 bits per heavy atom. The molecule has 1 aliphatic rings. The van der Waals surface area contributed by atoms with Crippen LogP contribution in [0.3, 0.4) is 0 Å². The summed E-state index contributed by atoms with van der Waals surface area (Å²) in [5.74, 6) is 0. The molecule has 0 radical (unpaired) electrons. The Labute approximate surface area is 139 Å². The largest absolute Gasteiger partial charge is 0.449 e. The molecule has 0 unspecified atom stereocenters. The first-order valence-corrected chi connectivity index (χ1v) is 6.54. The zero-order valence-corrected chi connectivity index (χ0v) is 13.3. The van der Waals surface area contributed by atoms with Gasteiger partial charge in [-0.15, -0.1) is 12.4 Å². The number of halogens is 7. The Morgan fingerprint density at radius 1 is 1.12 bits per heavy atom. The Balaban J connectivity index is 0.00000288. The number of hydrogen-bond donors (Lipinski definition) is 1. The maximum Gasteiger partial charge on any atom is 0.416 e. The minimum Gasteiger partial charge on any atom is -0.449 e. The maximum atomic E-state index is 13.2. The molecular formula is C14H14ClF6NO2. The minimum atomic E-state index is -4.99. The highest BCUT2D eigenvalue weighted by Gasteiger charge is 2.44. The number of rotatable bonds is 1. The van der Waals surface area contributed by atoms with Crippen LogP contribution >= 0.6 is 12.4 Å². The summed E-state index contributed by atoms with van der Waals surface area (Å²) >= 11 is 0. The van der Waals surface area contributed by atoms with Crippen LogP contribution in [0.4, 0.5) is 31.1 Å². The van der Waals surface area contributed by atoms with Gasteiger partial charge in [0.2, 0.25) is 0 Å². The van der Waals surface area contributed by atoms with Gasteiger partial charge in [-0.05, 0) is 17.7 Å². The second-order valence-corrected chi connectivity index (χ2v) is 5.94. The van der Waals surface area contributed by atoms with Gasteiger partial charge >= 0.3 is 18.4 Å². The highest BCUT2D eigenvalue weighted by Crippen LogP contribution is 2.44. The number of nitrogens with one attached hydrogen (secondary N) is 1. The number of carbonyl (C=O) groups is 1. The van der Waals surface area contributed by atoms with Crippen LogP contribution in [0.25, 0.3) is 0 Å². The quantitative estimate of drug-likeness (QED) is 0.703. The van der Waals surface area contributed by atoms with Gasteiger partial charge in [-0.25, -0.2) is 4.79 Å². The van der Waals surface area contributed by atoms with E-state index in [4.69, 9.17) is 4.74 Å². The van der Waals surface area contributed by atoms with Gasteiger partial charge in [0.25, 0.3) is 0 Å². The van der Waals surface area contributed by atoms with E-state index in [2.05, 4.69) is 5.32 Å². The SMILES string of the molecule is CC1(C)COC(=O)N[C@H]1c1ccc(C(F)(F)F)cc1C(F)(F)F.Cl. The lowest BCUT2D eigenvalue weighted by Gasteiger charge is -2.39. The Hall–Kier alpha value is -1.64. The van der Waals surface area contributed by atoms with E-state index in [9.17, 15) is 31.1 Å². The average molecular weight is 378 g/mol. The van der Waals surface area contributed by atoms with Crippen molar-refractivity contribution in [2.24, 2.45) is 5.41 Å². The standard InChI is InChI=1S/C14H13F6NO2.ClH/c1-12(2)6-23-11(22)21-10(12)8-4-3-7(13(15,16)17)5-9(8)14(18,19)20;/h3-5,10H,6H2,1-2H3,(H,21,22);1H/t10-;/m0./s1. The molecule has 1 heterocycles. The molecule has 0 saturated carbocycles. The van der Waals surface area contributed by atoms with Crippen molar-refractivity contribution >= 4 is 18.5 Å². The van der Waals surface area contributed by atoms with E-state index in [1.54, 1.807) is 13.8 Å². The van der Waals surface area contributed by atoms with Crippen molar-refractivity contribution in [1.82, 2.24) is 5.32 Å². The van der Waals surface area contributed by atoms with Gasteiger partial charge in [0.1, 0.15) is 6.61 Å². The zero-order valence-electron chi connectivity index (χ0n) is 12.5. The molecule has 1 aromatic carbocycles. The summed E-state index contributed by atoms with van der Waals surface area (Å²) in [6.07, 6.45) is -10.8. The average Bonchev–Trinajstić information content (AvgIpc) is 2.39. The molecule has 1 amide bonds. The van der Waals surface area contributed by atoms with Gasteiger partial charge in [-0.2, -0.15) is 26.3 Å². The monoisotopic (exact) mass is 377 g/mol. The molecule has 2 rings (SSSR count). The first-order valence-electron chi connectivity index (χ1n) is 6.54. The number of cyclic esters (lactones) is 1. The second kappa shape index (κ2) is 6.34. The highest BCUT2D eigenvalue weighted by molar-refractivity contribution is 5.85. The smallest absolute Gasteiger partial charge is 0.416 e. The van der Waals surface area contributed by atoms with Gasteiger partial charge in [0, 0.05) is 5.41 Å². The van der Waals surface area contributed by atoms with Crippen LogP contribution in [0.15, 0.2) is 18.2 Å². The van der Waals surface area contributed by atoms with Crippen LogP contribution in [0.2, 0.25) is 0 Å². The summed E-state index contributed by atoms with van der Waals surface area (Å²) in [7, 11) is 0. The fourth-order valence-corrected chi connectivity index (χ4v) is 2.42. The van der Waals surface area contributed by atoms with Gasteiger partial charge in [-0.1, -0.05) is 19.9 Å². The summed E-state index contributed by atoms with van der Waals surface area (Å²) in [6, 6.07) is 0.265. The van der Waals surface area contributed by atoms with Gasteiger partial charge in [0.05, 0.1) is 17.2 Å². The lowest BCUT2D eigenvalue weighted by atomic mass is 9.78. The first kappa shape index (κ1) is 20.4. The summed E-state index contributed by atoms with van der Waals surface area (Å²) < 4.78 is 82.4. The summed E-state index contributed by atoms with van der Waals surface area (Å²) in [6.45, 7) is 2.95. The fraction of sp³-hybridized carbons (Fsp3) is 0.500. The van der Waals surface area contributed by atoms with Crippen molar-refractivity contribution in [3.05, 3.63) is 34.9 Å². The van der Waals surface area contributed by atoms with E-state index in [-0.39, 0.29) is 25.1 Å². The van der Waals surface area contributed by atoms with Crippen LogP contribution in [-0.4, -0.2) is 12.7 Å². The number of amides is 1. The van der Waals surface area contributed by atoms with Gasteiger partial charge in [-0.3, -0.25) is 0 Å². The van der Waals surface area contributed by atoms with Crippen LogP contribution in [0.1, 0.15) is 36.6 Å². The lowest BCUT2D eigenvalue weighted by Crippen LogP contribution is -2.47. The predicted octanol–water partition coefficient (Wildman–Crippen LogP) is 4.95. The van der Waals surface area contributed by atoms with Crippen molar-refractivity contribution in [2.45, 2.75) is 32.2 Å².